The second-order valence-corrected chi connectivity index (χ2v) is 4.22. The van der Waals surface area contributed by atoms with Crippen molar-refractivity contribution in [2.75, 3.05) is 13.7 Å². The van der Waals surface area contributed by atoms with Crippen molar-refractivity contribution in [3.05, 3.63) is 40.2 Å². The zero-order valence-electron chi connectivity index (χ0n) is 10.7. The van der Waals surface area contributed by atoms with Crippen LogP contribution in [0.25, 0.3) is 10.9 Å². The van der Waals surface area contributed by atoms with Crippen molar-refractivity contribution in [2.24, 2.45) is 5.73 Å². The second-order valence-electron chi connectivity index (χ2n) is 4.22. The summed E-state index contributed by atoms with van der Waals surface area (Å²) in [4.78, 5) is 11.9. The molecule has 20 heavy (non-hydrogen) atoms. The van der Waals surface area contributed by atoms with E-state index in [2.05, 4.69) is 0 Å². The van der Waals surface area contributed by atoms with Gasteiger partial charge in [0.25, 0.3) is 5.56 Å². The summed E-state index contributed by atoms with van der Waals surface area (Å²) >= 11 is 0. The summed E-state index contributed by atoms with van der Waals surface area (Å²) in [6.45, 7) is 0.290. The lowest BCUT2D eigenvalue weighted by atomic mass is 10.1. The van der Waals surface area contributed by atoms with Crippen LogP contribution in [0.2, 0.25) is 0 Å². The van der Waals surface area contributed by atoms with Crippen molar-refractivity contribution in [1.82, 2.24) is 4.57 Å². The Morgan fingerprint density at radius 2 is 2.00 bits per heavy atom. The number of alkyl halides is 3. The van der Waals surface area contributed by atoms with E-state index in [-0.39, 0.29) is 24.0 Å². The minimum absolute atomic E-state index is 0.0497. The topological polar surface area (TPSA) is 57.2 Å². The van der Waals surface area contributed by atoms with Gasteiger partial charge in [-0.2, -0.15) is 13.2 Å². The standard InChI is InChI=1S/C13H13F3N2O2/c1-20-8-2-3-9-10(13(14,15)16)7-12(19)18(5-4-17)11(9)6-8/h2-3,6-7H,4-5,17H2,1H3. The van der Waals surface area contributed by atoms with Gasteiger partial charge >= 0.3 is 6.18 Å². The highest BCUT2D eigenvalue weighted by Gasteiger charge is 2.33. The number of fused-ring (bicyclic) bond motifs is 1. The molecule has 2 N–H and O–H groups in total. The predicted molar refractivity (Wildman–Crippen MR) is 68.8 cm³/mol. The summed E-state index contributed by atoms with van der Waals surface area (Å²) in [5, 5.41) is -0.0497. The average Bonchev–Trinajstić information content (AvgIpc) is 2.40. The molecule has 1 aromatic carbocycles. The van der Waals surface area contributed by atoms with E-state index in [0.29, 0.717) is 11.8 Å². The maximum atomic E-state index is 13.0. The first-order valence-corrected chi connectivity index (χ1v) is 5.87. The number of hydrogen-bond donors (Lipinski definition) is 1. The molecular weight excluding hydrogens is 273 g/mol. The van der Waals surface area contributed by atoms with Crippen LogP contribution in [0.3, 0.4) is 0 Å². The van der Waals surface area contributed by atoms with Crippen LogP contribution in [-0.4, -0.2) is 18.2 Å². The molecule has 7 heteroatoms. The molecule has 0 unspecified atom stereocenters. The number of rotatable bonds is 3. The number of nitrogens with two attached hydrogens (primary N) is 1. The summed E-state index contributed by atoms with van der Waals surface area (Å²) < 4.78 is 45.2. The van der Waals surface area contributed by atoms with E-state index in [1.807, 2.05) is 0 Å². The van der Waals surface area contributed by atoms with E-state index < -0.39 is 17.3 Å². The lowest BCUT2D eigenvalue weighted by Crippen LogP contribution is -2.26. The van der Waals surface area contributed by atoms with Gasteiger partial charge in [0, 0.05) is 30.6 Å². The largest absolute Gasteiger partial charge is 0.497 e. The van der Waals surface area contributed by atoms with E-state index in [1.54, 1.807) is 0 Å². The monoisotopic (exact) mass is 286 g/mol. The molecule has 0 atom stereocenters. The third-order valence-electron chi connectivity index (χ3n) is 2.98. The molecule has 0 aliphatic carbocycles. The molecule has 0 saturated carbocycles. The highest BCUT2D eigenvalue weighted by atomic mass is 19.4. The third-order valence-corrected chi connectivity index (χ3v) is 2.98. The summed E-state index contributed by atoms with van der Waals surface area (Å²) in [5.74, 6) is 0.377. The van der Waals surface area contributed by atoms with Crippen LogP contribution in [-0.2, 0) is 12.7 Å². The molecule has 0 radical (unpaired) electrons. The molecule has 0 bridgehead atoms. The van der Waals surface area contributed by atoms with Gasteiger partial charge in [-0.25, -0.2) is 0 Å². The predicted octanol–water partition coefficient (Wildman–Crippen LogP) is 1.99. The van der Waals surface area contributed by atoms with Crippen LogP contribution in [0, 0.1) is 0 Å². The number of benzene rings is 1. The van der Waals surface area contributed by atoms with Crippen molar-refractivity contribution in [2.45, 2.75) is 12.7 Å². The van der Waals surface area contributed by atoms with Crippen LogP contribution in [0.5, 0.6) is 5.75 Å². The van der Waals surface area contributed by atoms with E-state index in [1.165, 1.54) is 29.9 Å². The van der Waals surface area contributed by atoms with Crippen LogP contribution >= 0.6 is 0 Å². The summed E-state index contributed by atoms with van der Waals surface area (Å²) in [7, 11) is 1.40. The number of aromatic nitrogens is 1. The van der Waals surface area contributed by atoms with E-state index >= 15 is 0 Å². The van der Waals surface area contributed by atoms with Gasteiger partial charge < -0.3 is 15.0 Å². The number of halogens is 3. The molecule has 2 rings (SSSR count). The van der Waals surface area contributed by atoms with Gasteiger partial charge in [-0.05, 0) is 12.1 Å². The number of ether oxygens (including phenoxy) is 1. The fourth-order valence-electron chi connectivity index (χ4n) is 2.08. The first kappa shape index (κ1) is 14.4. The van der Waals surface area contributed by atoms with Crippen molar-refractivity contribution in [3.8, 4) is 5.75 Å². The quantitative estimate of drug-likeness (QED) is 0.938. The van der Waals surface area contributed by atoms with Crippen molar-refractivity contribution in [3.63, 3.8) is 0 Å². The summed E-state index contributed by atoms with van der Waals surface area (Å²) in [6.07, 6.45) is -4.59. The first-order chi connectivity index (χ1) is 9.38. The van der Waals surface area contributed by atoms with Crippen LogP contribution in [0.4, 0.5) is 13.2 Å². The molecule has 0 aliphatic rings. The van der Waals surface area contributed by atoms with E-state index in [0.717, 1.165) is 0 Å². The van der Waals surface area contributed by atoms with Crippen LogP contribution in [0.15, 0.2) is 29.1 Å². The first-order valence-electron chi connectivity index (χ1n) is 5.87. The highest BCUT2D eigenvalue weighted by Crippen LogP contribution is 2.34. The highest BCUT2D eigenvalue weighted by molar-refractivity contribution is 5.84. The molecule has 0 spiro atoms. The summed E-state index contributed by atoms with van der Waals surface area (Å²) in [5.41, 5.74) is 3.88. The Kier molecular flexibility index (Phi) is 3.71. The number of hydrogen-bond acceptors (Lipinski definition) is 3. The maximum Gasteiger partial charge on any atom is 0.417 e. The molecular formula is C13H13F3N2O2. The SMILES string of the molecule is COc1ccc2c(C(F)(F)F)cc(=O)n(CCN)c2c1. The third kappa shape index (κ3) is 2.49. The summed E-state index contributed by atoms with van der Waals surface area (Å²) in [6, 6.07) is 4.73. The fraction of sp³-hybridized carbons (Fsp3) is 0.308. The Hall–Kier alpha value is -2.02. The Balaban J connectivity index is 2.87. The molecule has 1 aromatic heterocycles. The van der Waals surface area contributed by atoms with Gasteiger partial charge in [0.2, 0.25) is 0 Å². The van der Waals surface area contributed by atoms with E-state index in [4.69, 9.17) is 10.5 Å². The van der Waals surface area contributed by atoms with Crippen molar-refractivity contribution < 1.29 is 17.9 Å². The molecule has 1 heterocycles. The van der Waals surface area contributed by atoms with Crippen LogP contribution < -0.4 is 16.0 Å². The normalized spacial score (nSPS) is 11.8. The lowest BCUT2D eigenvalue weighted by Gasteiger charge is -2.15. The Bertz CT molecular complexity index is 692. The zero-order chi connectivity index (χ0) is 14.9. The molecule has 0 saturated heterocycles. The zero-order valence-corrected chi connectivity index (χ0v) is 10.7. The Morgan fingerprint density at radius 3 is 2.55 bits per heavy atom. The number of nitrogens with zero attached hydrogens (tertiary/aromatic N) is 1. The van der Waals surface area contributed by atoms with Gasteiger partial charge in [0.15, 0.2) is 0 Å². The van der Waals surface area contributed by atoms with Gasteiger partial charge in [-0.3, -0.25) is 4.79 Å². The van der Waals surface area contributed by atoms with Crippen molar-refractivity contribution in [1.29, 1.82) is 0 Å². The molecule has 2 aromatic rings. The lowest BCUT2D eigenvalue weighted by molar-refractivity contribution is -0.136. The smallest absolute Gasteiger partial charge is 0.417 e. The van der Waals surface area contributed by atoms with E-state index in [9.17, 15) is 18.0 Å². The Morgan fingerprint density at radius 1 is 1.30 bits per heavy atom. The molecule has 0 aliphatic heterocycles. The van der Waals surface area contributed by atoms with Gasteiger partial charge in [-0.15, -0.1) is 0 Å². The van der Waals surface area contributed by atoms with Crippen LogP contribution in [0.1, 0.15) is 5.56 Å². The van der Waals surface area contributed by atoms with Gasteiger partial charge in [-0.1, -0.05) is 0 Å². The molecule has 108 valence electrons. The minimum atomic E-state index is -4.59. The number of pyridine rings is 1. The molecule has 4 nitrogen and oxygen atoms in total. The van der Waals surface area contributed by atoms with Gasteiger partial charge in [0.05, 0.1) is 18.2 Å². The van der Waals surface area contributed by atoms with Gasteiger partial charge in [0.1, 0.15) is 5.75 Å². The minimum Gasteiger partial charge on any atom is -0.497 e. The molecule has 0 amide bonds. The second kappa shape index (κ2) is 5.16. The maximum absolute atomic E-state index is 13.0. The Labute approximate surface area is 112 Å². The molecule has 0 fully saturated rings. The van der Waals surface area contributed by atoms with Crippen molar-refractivity contribution >= 4 is 10.9 Å². The number of methoxy groups -OCH3 is 1. The average molecular weight is 286 g/mol. The fourth-order valence-corrected chi connectivity index (χ4v) is 2.08.